The van der Waals surface area contributed by atoms with E-state index in [4.69, 9.17) is 10.5 Å². The Balaban J connectivity index is 1.65. The Morgan fingerprint density at radius 2 is 1.79 bits per heavy atom. The second kappa shape index (κ2) is 5.49. The van der Waals surface area contributed by atoms with Gasteiger partial charge in [0.2, 0.25) is 0 Å². The lowest BCUT2D eigenvalue weighted by atomic mass is 9.98. The number of nitrogens with two attached hydrogens (primary N) is 1. The van der Waals surface area contributed by atoms with E-state index in [9.17, 15) is 0 Å². The molecule has 0 aromatic heterocycles. The number of ether oxygens (including phenoxy) is 1. The van der Waals surface area contributed by atoms with E-state index < -0.39 is 0 Å². The number of benzene rings is 1. The Hall–Kier alpha value is -1.10. The van der Waals surface area contributed by atoms with Gasteiger partial charge in [-0.2, -0.15) is 0 Å². The van der Waals surface area contributed by atoms with Crippen LogP contribution in [0.25, 0.3) is 0 Å². The SMILES string of the molecule is CC1NNC(c2ccc(OC3CCCC3)cc2)C1N. The maximum Gasteiger partial charge on any atom is 0.119 e. The molecule has 3 unspecified atom stereocenters. The van der Waals surface area contributed by atoms with Gasteiger partial charge in [0.1, 0.15) is 5.75 Å². The predicted octanol–water partition coefficient (Wildman–Crippen LogP) is 1.87. The molecule has 104 valence electrons. The normalized spacial score (nSPS) is 31.8. The van der Waals surface area contributed by atoms with Gasteiger partial charge in [-0.3, -0.25) is 5.43 Å². The summed E-state index contributed by atoms with van der Waals surface area (Å²) < 4.78 is 5.97. The van der Waals surface area contributed by atoms with Gasteiger partial charge in [0.15, 0.2) is 0 Å². The van der Waals surface area contributed by atoms with Crippen molar-refractivity contribution in [3.8, 4) is 5.75 Å². The first kappa shape index (κ1) is 12.9. The van der Waals surface area contributed by atoms with Gasteiger partial charge in [-0.15, -0.1) is 0 Å². The van der Waals surface area contributed by atoms with Gasteiger partial charge in [0.25, 0.3) is 0 Å². The highest BCUT2D eigenvalue weighted by atomic mass is 16.5. The average molecular weight is 261 g/mol. The highest BCUT2D eigenvalue weighted by Crippen LogP contribution is 2.27. The van der Waals surface area contributed by atoms with E-state index in [-0.39, 0.29) is 12.1 Å². The molecule has 1 aliphatic carbocycles. The molecule has 3 atom stereocenters. The molecule has 0 spiro atoms. The van der Waals surface area contributed by atoms with Crippen LogP contribution in [-0.2, 0) is 0 Å². The summed E-state index contributed by atoms with van der Waals surface area (Å²) in [6.45, 7) is 2.09. The lowest BCUT2D eigenvalue weighted by molar-refractivity contribution is 0.210. The molecule has 1 saturated heterocycles. The van der Waals surface area contributed by atoms with E-state index in [2.05, 4.69) is 42.0 Å². The van der Waals surface area contributed by atoms with Crippen LogP contribution in [0, 0.1) is 0 Å². The van der Waals surface area contributed by atoms with Gasteiger partial charge in [0, 0.05) is 12.1 Å². The van der Waals surface area contributed by atoms with Crippen LogP contribution in [0.3, 0.4) is 0 Å². The minimum atomic E-state index is 0.0987. The molecule has 1 aliphatic heterocycles. The molecule has 1 heterocycles. The molecule has 19 heavy (non-hydrogen) atoms. The van der Waals surface area contributed by atoms with Crippen LogP contribution in [0.1, 0.15) is 44.2 Å². The molecule has 0 bridgehead atoms. The second-order valence-electron chi connectivity index (χ2n) is 5.73. The average Bonchev–Trinajstić information content (AvgIpc) is 3.03. The van der Waals surface area contributed by atoms with Crippen molar-refractivity contribution in [3.05, 3.63) is 29.8 Å². The zero-order valence-corrected chi connectivity index (χ0v) is 11.4. The van der Waals surface area contributed by atoms with Crippen molar-refractivity contribution in [2.75, 3.05) is 0 Å². The Morgan fingerprint density at radius 1 is 1.11 bits per heavy atom. The predicted molar refractivity (Wildman–Crippen MR) is 75.8 cm³/mol. The monoisotopic (exact) mass is 261 g/mol. The third kappa shape index (κ3) is 2.76. The molecular formula is C15H23N3O. The molecule has 0 amide bonds. The summed E-state index contributed by atoms with van der Waals surface area (Å²) in [6.07, 6.45) is 5.40. The Labute approximate surface area is 114 Å². The number of rotatable bonds is 3. The highest BCUT2D eigenvalue weighted by molar-refractivity contribution is 5.31. The molecule has 2 fully saturated rings. The van der Waals surface area contributed by atoms with Gasteiger partial charge in [-0.05, 0) is 50.3 Å². The van der Waals surface area contributed by atoms with Gasteiger partial charge in [0.05, 0.1) is 12.1 Å². The Bertz CT molecular complexity index is 414. The van der Waals surface area contributed by atoms with E-state index in [1.165, 1.54) is 31.2 Å². The summed E-state index contributed by atoms with van der Waals surface area (Å²) in [5, 5.41) is 0. The van der Waals surface area contributed by atoms with Crippen LogP contribution < -0.4 is 21.3 Å². The van der Waals surface area contributed by atoms with E-state index in [1.807, 2.05) is 0 Å². The van der Waals surface area contributed by atoms with Crippen LogP contribution in [0.2, 0.25) is 0 Å². The van der Waals surface area contributed by atoms with Crippen LogP contribution in [0.5, 0.6) is 5.75 Å². The first-order valence-corrected chi connectivity index (χ1v) is 7.27. The molecule has 4 nitrogen and oxygen atoms in total. The van der Waals surface area contributed by atoms with Gasteiger partial charge >= 0.3 is 0 Å². The van der Waals surface area contributed by atoms with Gasteiger partial charge in [-0.1, -0.05) is 12.1 Å². The summed E-state index contributed by atoms with van der Waals surface area (Å²) in [5.41, 5.74) is 13.8. The minimum Gasteiger partial charge on any atom is -0.490 e. The lowest BCUT2D eigenvalue weighted by Crippen LogP contribution is -2.35. The van der Waals surface area contributed by atoms with Crippen molar-refractivity contribution in [1.82, 2.24) is 10.9 Å². The maximum absolute atomic E-state index is 6.17. The summed E-state index contributed by atoms with van der Waals surface area (Å²) >= 11 is 0. The summed E-state index contributed by atoms with van der Waals surface area (Å²) in [6, 6.07) is 8.91. The lowest BCUT2D eigenvalue weighted by Gasteiger charge is -2.18. The van der Waals surface area contributed by atoms with E-state index >= 15 is 0 Å². The second-order valence-corrected chi connectivity index (χ2v) is 5.73. The standard InChI is InChI=1S/C15H23N3O/c1-10-14(16)15(18-17-10)11-6-8-13(9-7-11)19-12-4-2-3-5-12/h6-10,12,14-15,17-18H,2-5,16H2,1H3. The third-order valence-corrected chi connectivity index (χ3v) is 4.27. The van der Waals surface area contributed by atoms with Crippen LogP contribution in [0.4, 0.5) is 0 Å². The molecule has 0 radical (unpaired) electrons. The van der Waals surface area contributed by atoms with E-state index in [0.717, 1.165) is 5.75 Å². The minimum absolute atomic E-state index is 0.0987. The largest absolute Gasteiger partial charge is 0.490 e. The quantitative estimate of drug-likeness (QED) is 0.777. The molecule has 3 rings (SSSR count). The third-order valence-electron chi connectivity index (χ3n) is 4.27. The molecule has 2 aliphatic rings. The molecule has 4 heteroatoms. The van der Waals surface area contributed by atoms with E-state index in [1.54, 1.807) is 0 Å². The molecule has 4 N–H and O–H groups in total. The fourth-order valence-corrected chi connectivity index (χ4v) is 2.96. The van der Waals surface area contributed by atoms with Crippen molar-refractivity contribution < 1.29 is 4.74 Å². The Kier molecular flexibility index (Phi) is 3.73. The molecular weight excluding hydrogens is 238 g/mol. The maximum atomic E-state index is 6.17. The highest BCUT2D eigenvalue weighted by Gasteiger charge is 2.30. The molecule has 1 saturated carbocycles. The first-order chi connectivity index (χ1) is 9.24. The number of nitrogens with one attached hydrogen (secondary N) is 2. The van der Waals surface area contributed by atoms with Crippen molar-refractivity contribution in [2.45, 2.75) is 56.8 Å². The molecule has 1 aromatic carbocycles. The van der Waals surface area contributed by atoms with E-state index in [0.29, 0.717) is 12.1 Å². The van der Waals surface area contributed by atoms with Crippen molar-refractivity contribution in [3.63, 3.8) is 0 Å². The van der Waals surface area contributed by atoms with Crippen molar-refractivity contribution in [2.24, 2.45) is 5.73 Å². The van der Waals surface area contributed by atoms with Crippen LogP contribution in [0.15, 0.2) is 24.3 Å². The van der Waals surface area contributed by atoms with Crippen LogP contribution in [-0.4, -0.2) is 18.2 Å². The van der Waals surface area contributed by atoms with Crippen LogP contribution >= 0.6 is 0 Å². The van der Waals surface area contributed by atoms with Crippen molar-refractivity contribution >= 4 is 0 Å². The van der Waals surface area contributed by atoms with Gasteiger partial charge in [-0.25, -0.2) is 5.43 Å². The molecule has 1 aromatic rings. The number of hydrogen-bond donors (Lipinski definition) is 3. The summed E-state index contributed by atoms with van der Waals surface area (Å²) in [7, 11) is 0. The zero-order valence-electron chi connectivity index (χ0n) is 11.4. The number of hydrogen-bond acceptors (Lipinski definition) is 4. The Morgan fingerprint density at radius 3 is 2.37 bits per heavy atom. The van der Waals surface area contributed by atoms with Gasteiger partial charge < -0.3 is 10.5 Å². The summed E-state index contributed by atoms with van der Waals surface area (Å²) in [4.78, 5) is 0. The topological polar surface area (TPSA) is 59.3 Å². The zero-order chi connectivity index (χ0) is 13.2. The number of hydrazine groups is 1. The summed E-state index contributed by atoms with van der Waals surface area (Å²) in [5.74, 6) is 0.975. The first-order valence-electron chi connectivity index (χ1n) is 7.27. The van der Waals surface area contributed by atoms with Crippen molar-refractivity contribution in [1.29, 1.82) is 0 Å². The fraction of sp³-hybridized carbons (Fsp3) is 0.600. The fourth-order valence-electron chi connectivity index (χ4n) is 2.96. The smallest absolute Gasteiger partial charge is 0.119 e.